The summed E-state index contributed by atoms with van der Waals surface area (Å²) in [4.78, 5) is 21.8. The standard InChI is InChI=1S/C12H14O5/c1-7(15-8(2)13)9-3-4-11-10(16-9)5-6-12(14)17-11/h3-7,9-11H,1-2H3/t7-,9+,10-,11-/m1/s1. The number of esters is 2. The van der Waals surface area contributed by atoms with E-state index in [1.54, 1.807) is 25.2 Å². The molecule has 0 spiro atoms. The Kier molecular flexibility index (Phi) is 3.28. The van der Waals surface area contributed by atoms with E-state index in [2.05, 4.69) is 0 Å². The van der Waals surface area contributed by atoms with Crippen LogP contribution in [0, 0.1) is 0 Å². The van der Waals surface area contributed by atoms with Gasteiger partial charge in [-0.25, -0.2) is 4.79 Å². The number of hydrogen-bond acceptors (Lipinski definition) is 5. The van der Waals surface area contributed by atoms with Crippen molar-refractivity contribution in [3.8, 4) is 0 Å². The summed E-state index contributed by atoms with van der Waals surface area (Å²) in [5.41, 5.74) is 0. The van der Waals surface area contributed by atoms with Gasteiger partial charge in [0.25, 0.3) is 0 Å². The molecule has 0 saturated heterocycles. The average Bonchev–Trinajstić information content (AvgIpc) is 2.27. The molecule has 5 nitrogen and oxygen atoms in total. The molecule has 0 aromatic heterocycles. The van der Waals surface area contributed by atoms with Crippen molar-refractivity contribution in [2.45, 2.75) is 38.3 Å². The van der Waals surface area contributed by atoms with E-state index < -0.39 is 0 Å². The maximum absolute atomic E-state index is 11.0. The van der Waals surface area contributed by atoms with Gasteiger partial charge in [0.1, 0.15) is 18.3 Å². The minimum Gasteiger partial charge on any atom is -0.460 e. The molecule has 0 aromatic carbocycles. The second-order valence-corrected chi connectivity index (χ2v) is 4.03. The van der Waals surface area contributed by atoms with Crippen molar-refractivity contribution >= 4 is 11.9 Å². The highest BCUT2D eigenvalue weighted by atomic mass is 16.6. The minimum atomic E-state index is -0.381. The number of hydrogen-bond donors (Lipinski definition) is 0. The summed E-state index contributed by atoms with van der Waals surface area (Å²) >= 11 is 0. The van der Waals surface area contributed by atoms with Crippen molar-refractivity contribution in [3.05, 3.63) is 24.3 Å². The molecular weight excluding hydrogens is 224 g/mol. The Bertz CT molecular complexity index is 384. The third kappa shape index (κ3) is 2.74. The van der Waals surface area contributed by atoms with Gasteiger partial charge in [-0.3, -0.25) is 4.79 Å². The van der Waals surface area contributed by atoms with Gasteiger partial charge in [-0.2, -0.15) is 0 Å². The molecule has 0 aromatic rings. The second-order valence-electron chi connectivity index (χ2n) is 4.03. The van der Waals surface area contributed by atoms with E-state index in [1.807, 2.05) is 0 Å². The van der Waals surface area contributed by atoms with E-state index in [1.165, 1.54) is 13.0 Å². The Balaban J connectivity index is 2.02. The Morgan fingerprint density at radius 2 is 2.12 bits per heavy atom. The summed E-state index contributed by atoms with van der Waals surface area (Å²) in [7, 11) is 0. The van der Waals surface area contributed by atoms with Crippen molar-refractivity contribution in [2.24, 2.45) is 0 Å². The van der Waals surface area contributed by atoms with E-state index in [0.717, 1.165) is 0 Å². The molecule has 2 aliphatic rings. The van der Waals surface area contributed by atoms with Gasteiger partial charge in [0.2, 0.25) is 0 Å². The number of carbonyl (C=O) groups is 2. The molecule has 4 atom stereocenters. The van der Waals surface area contributed by atoms with Gasteiger partial charge in [0.05, 0.1) is 0 Å². The van der Waals surface area contributed by atoms with Crippen LogP contribution in [-0.2, 0) is 23.8 Å². The van der Waals surface area contributed by atoms with Crippen LogP contribution in [0.4, 0.5) is 0 Å². The largest absolute Gasteiger partial charge is 0.460 e. The fraction of sp³-hybridized carbons (Fsp3) is 0.500. The van der Waals surface area contributed by atoms with E-state index in [9.17, 15) is 9.59 Å². The Morgan fingerprint density at radius 3 is 2.82 bits per heavy atom. The molecule has 0 aliphatic carbocycles. The van der Waals surface area contributed by atoms with Gasteiger partial charge in [-0.15, -0.1) is 0 Å². The molecular formula is C12H14O5. The van der Waals surface area contributed by atoms with Crippen LogP contribution >= 0.6 is 0 Å². The molecule has 0 amide bonds. The van der Waals surface area contributed by atoms with E-state index >= 15 is 0 Å². The van der Waals surface area contributed by atoms with Gasteiger partial charge in [-0.1, -0.05) is 6.08 Å². The molecule has 0 N–H and O–H groups in total. The molecule has 0 unspecified atom stereocenters. The van der Waals surface area contributed by atoms with Crippen molar-refractivity contribution in [2.75, 3.05) is 0 Å². The van der Waals surface area contributed by atoms with Crippen molar-refractivity contribution in [3.63, 3.8) is 0 Å². The molecule has 2 heterocycles. The highest BCUT2D eigenvalue weighted by Gasteiger charge is 2.33. The number of rotatable bonds is 2. The van der Waals surface area contributed by atoms with Crippen molar-refractivity contribution < 1.29 is 23.8 Å². The van der Waals surface area contributed by atoms with Crippen LogP contribution in [0.1, 0.15) is 13.8 Å². The molecule has 92 valence electrons. The summed E-state index contributed by atoms with van der Waals surface area (Å²) < 4.78 is 15.8. The molecule has 0 radical (unpaired) electrons. The monoisotopic (exact) mass is 238 g/mol. The normalized spacial score (nSPS) is 32.6. The lowest BCUT2D eigenvalue weighted by atomic mass is 10.0. The number of ether oxygens (including phenoxy) is 3. The first-order valence-corrected chi connectivity index (χ1v) is 5.46. The van der Waals surface area contributed by atoms with Crippen LogP contribution in [0.3, 0.4) is 0 Å². The van der Waals surface area contributed by atoms with E-state index in [4.69, 9.17) is 14.2 Å². The topological polar surface area (TPSA) is 61.8 Å². The first kappa shape index (κ1) is 11.9. The zero-order valence-corrected chi connectivity index (χ0v) is 9.66. The molecule has 17 heavy (non-hydrogen) atoms. The highest BCUT2D eigenvalue weighted by molar-refractivity contribution is 5.83. The molecule has 2 rings (SSSR count). The second kappa shape index (κ2) is 4.71. The zero-order valence-electron chi connectivity index (χ0n) is 9.66. The summed E-state index contributed by atoms with van der Waals surface area (Å²) in [5.74, 6) is -0.715. The van der Waals surface area contributed by atoms with E-state index in [-0.39, 0.29) is 36.4 Å². The smallest absolute Gasteiger partial charge is 0.331 e. The molecule has 0 saturated carbocycles. The van der Waals surface area contributed by atoms with Crippen molar-refractivity contribution in [1.29, 1.82) is 0 Å². The van der Waals surface area contributed by atoms with Crippen LogP contribution in [0.15, 0.2) is 24.3 Å². The van der Waals surface area contributed by atoms with Gasteiger partial charge in [-0.05, 0) is 19.1 Å². The summed E-state index contributed by atoms with van der Waals surface area (Å²) in [5, 5.41) is 0. The highest BCUT2D eigenvalue weighted by Crippen LogP contribution is 2.23. The van der Waals surface area contributed by atoms with Crippen molar-refractivity contribution in [1.82, 2.24) is 0 Å². The summed E-state index contributed by atoms with van der Waals surface area (Å²) in [6.07, 6.45) is 5.15. The first-order chi connectivity index (χ1) is 8.06. The third-order valence-corrected chi connectivity index (χ3v) is 2.62. The Morgan fingerprint density at radius 1 is 1.35 bits per heavy atom. The quantitative estimate of drug-likeness (QED) is 0.524. The first-order valence-electron chi connectivity index (χ1n) is 5.46. The Labute approximate surface area is 99.0 Å². The predicted molar refractivity (Wildman–Crippen MR) is 58.0 cm³/mol. The third-order valence-electron chi connectivity index (χ3n) is 2.62. The lowest BCUT2D eigenvalue weighted by Crippen LogP contribution is -2.43. The fourth-order valence-electron chi connectivity index (χ4n) is 1.84. The maximum atomic E-state index is 11.0. The van der Waals surface area contributed by atoms with Crippen LogP contribution in [-0.4, -0.2) is 36.4 Å². The SMILES string of the molecule is CC(=O)O[C@H](C)[C@@H]1C=C[C@H]2OC(=O)C=C[C@H]2O1. The molecule has 0 bridgehead atoms. The van der Waals surface area contributed by atoms with Crippen LogP contribution in [0.25, 0.3) is 0 Å². The number of carbonyl (C=O) groups excluding carboxylic acids is 2. The Hall–Kier alpha value is -1.62. The minimum absolute atomic E-state index is 0.305. The van der Waals surface area contributed by atoms with Gasteiger partial charge >= 0.3 is 11.9 Å². The molecule has 5 heteroatoms. The van der Waals surface area contributed by atoms with Gasteiger partial charge in [0, 0.05) is 13.0 Å². The average molecular weight is 238 g/mol. The maximum Gasteiger partial charge on any atom is 0.331 e. The summed E-state index contributed by atoms with van der Waals surface area (Å²) in [6.45, 7) is 3.11. The molecule has 2 aliphatic heterocycles. The summed E-state index contributed by atoms with van der Waals surface area (Å²) in [6, 6.07) is 0. The predicted octanol–water partition coefficient (Wildman–Crippen LogP) is 0.743. The number of fused-ring (bicyclic) bond motifs is 1. The zero-order chi connectivity index (χ0) is 12.4. The lowest BCUT2D eigenvalue weighted by Gasteiger charge is -2.34. The van der Waals surface area contributed by atoms with E-state index in [0.29, 0.717) is 0 Å². The molecule has 0 fully saturated rings. The van der Waals surface area contributed by atoms with Crippen LogP contribution < -0.4 is 0 Å². The van der Waals surface area contributed by atoms with Crippen LogP contribution in [0.2, 0.25) is 0 Å². The van der Waals surface area contributed by atoms with Gasteiger partial charge in [0.15, 0.2) is 6.10 Å². The fourth-order valence-corrected chi connectivity index (χ4v) is 1.84. The lowest BCUT2D eigenvalue weighted by molar-refractivity contribution is -0.161. The van der Waals surface area contributed by atoms with Crippen LogP contribution in [0.5, 0.6) is 0 Å². The van der Waals surface area contributed by atoms with Gasteiger partial charge < -0.3 is 14.2 Å².